The van der Waals surface area contributed by atoms with Gasteiger partial charge < -0.3 is 9.88 Å². The second-order valence-corrected chi connectivity index (χ2v) is 3.54. The highest BCUT2D eigenvalue weighted by Gasteiger charge is 2.13. The number of anilines is 1. The SMILES string of the molecule is C[C@@H](C(=O)Nc1ccccc1)n1ccnc1. The third-order valence-corrected chi connectivity index (χ3v) is 2.39. The Bertz CT molecular complexity index is 450. The molecule has 16 heavy (non-hydrogen) atoms. The lowest BCUT2D eigenvalue weighted by Gasteiger charge is -2.13. The van der Waals surface area contributed by atoms with Crippen LogP contribution in [0.5, 0.6) is 0 Å². The Morgan fingerprint density at radius 1 is 1.38 bits per heavy atom. The van der Waals surface area contributed by atoms with Crippen molar-refractivity contribution in [2.24, 2.45) is 0 Å². The Labute approximate surface area is 93.9 Å². The van der Waals surface area contributed by atoms with Gasteiger partial charge in [-0.3, -0.25) is 4.79 Å². The summed E-state index contributed by atoms with van der Waals surface area (Å²) in [5.41, 5.74) is 0.805. The molecule has 0 bridgehead atoms. The molecule has 1 aromatic heterocycles. The van der Waals surface area contributed by atoms with Gasteiger partial charge >= 0.3 is 0 Å². The lowest BCUT2D eigenvalue weighted by atomic mass is 10.2. The fourth-order valence-corrected chi connectivity index (χ4v) is 1.40. The van der Waals surface area contributed by atoms with Crippen molar-refractivity contribution < 1.29 is 4.79 Å². The van der Waals surface area contributed by atoms with Crippen molar-refractivity contribution in [2.45, 2.75) is 13.0 Å². The van der Waals surface area contributed by atoms with E-state index < -0.39 is 0 Å². The Kier molecular flexibility index (Phi) is 3.00. The fourth-order valence-electron chi connectivity index (χ4n) is 1.40. The van der Waals surface area contributed by atoms with Crippen LogP contribution in [-0.2, 0) is 4.79 Å². The van der Waals surface area contributed by atoms with Crippen LogP contribution in [0.2, 0.25) is 0 Å². The van der Waals surface area contributed by atoms with Gasteiger partial charge in [-0.1, -0.05) is 18.2 Å². The number of aromatic nitrogens is 2. The predicted octanol–water partition coefficient (Wildman–Crippen LogP) is 2.08. The minimum atomic E-state index is -0.261. The molecule has 4 heteroatoms. The number of hydrogen-bond donors (Lipinski definition) is 1. The van der Waals surface area contributed by atoms with Crippen molar-refractivity contribution in [1.29, 1.82) is 0 Å². The number of amides is 1. The molecule has 0 radical (unpaired) electrons. The molecule has 1 amide bonds. The zero-order chi connectivity index (χ0) is 11.4. The maximum absolute atomic E-state index is 11.9. The first-order valence-corrected chi connectivity index (χ1v) is 5.11. The second kappa shape index (κ2) is 4.61. The summed E-state index contributed by atoms with van der Waals surface area (Å²) in [7, 11) is 0. The summed E-state index contributed by atoms with van der Waals surface area (Å²) < 4.78 is 1.76. The summed E-state index contributed by atoms with van der Waals surface area (Å²) in [6.45, 7) is 1.83. The van der Waals surface area contributed by atoms with E-state index in [0.29, 0.717) is 0 Å². The Balaban J connectivity index is 2.04. The summed E-state index contributed by atoms with van der Waals surface area (Å²) in [5, 5.41) is 2.84. The van der Waals surface area contributed by atoms with Gasteiger partial charge in [-0.05, 0) is 19.1 Å². The molecule has 2 rings (SSSR count). The van der Waals surface area contributed by atoms with Gasteiger partial charge in [0.05, 0.1) is 6.33 Å². The van der Waals surface area contributed by atoms with E-state index in [1.807, 2.05) is 37.3 Å². The minimum Gasteiger partial charge on any atom is -0.325 e. The number of nitrogens with zero attached hydrogens (tertiary/aromatic N) is 2. The number of carbonyl (C=O) groups is 1. The van der Waals surface area contributed by atoms with Gasteiger partial charge in [-0.2, -0.15) is 0 Å². The highest BCUT2D eigenvalue weighted by molar-refractivity contribution is 5.93. The van der Waals surface area contributed by atoms with Gasteiger partial charge in [0.25, 0.3) is 0 Å². The summed E-state index contributed by atoms with van der Waals surface area (Å²) >= 11 is 0. The third-order valence-electron chi connectivity index (χ3n) is 2.39. The van der Waals surface area contributed by atoms with Crippen LogP contribution in [0.4, 0.5) is 5.69 Å². The summed E-state index contributed by atoms with van der Waals surface area (Å²) in [6, 6.07) is 9.14. The molecule has 0 aliphatic rings. The van der Waals surface area contributed by atoms with E-state index in [0.717, 1.165) is 5.69 Å². The molecule has 0 spiro atoms. The minimum absolute atomic E-state index is 0.0517. The van der Waals surface area contributed by atoms with E-state index in [1.165, 1.54) is 0 Å². The Morgan fingerprint density at radius 3 is 2.75 bits per heavy atom. The van der Waals surface area contributed by atoms with E-state index in [1.54, 1.807) is 23.3 Å². The van der Waals surface area contributed by atoms with Crippen molar-refractivity contribution in [1.82, 2.24) is 9.55 Å². The van der Waals surface area contributed by atoms with Crippen molar-refractivity contribution in [2.75, 3.05) is 5.32 Å². The molecule has 0 unspecified atom stereocenters. The standard InChI is InChI=1S/C12H13N3O/c1-10(15-8-7-13-9-15)12(16)14-11-5-3-2-4-6-11/h2-10H,1H3,(H,14,16)/t10-/m0/s1. The van der Waals surface area contributed by atoms with E-state index in [-0.39, 0.29) is 11.9 Å². The van der Waals surface area contributed by atoms with Gasteiger partial charge in [0.1, 0.15) is 6.04 Å². The number of rotatable bonds is 3. The number of para-hydroxylation sites is 1. The average Bonchev–Trinajstić information content (AvgIpc) is 2.83. The van der Waals surface area contributed by atoms with Crippen LogP contribution in [0, 0.1) is 0 Å². The van der Waals surface area contributed by atoms with E-state index in [4.69, 9.17) is 0 Å². The molecule has 1 heterocycles. The Hall–Kier alpha value is -2.10. The van der Waals surface area contributed by atoms with Crippen LogP contribution < -0.4 is 5.32 Å². The van der Waals surface area contributed by atoms with E-state index in [9.17, 15) is 4.79 Å². The number of benzene rings is 1. The van der Waals surface area contributed by atoms with Gasteiger partial charge in [0, 0.05) is 18.1 Å². The quantitative estimate of drug-likeness (QED) is 0.852. The first kappa shape index (κ1) is 10.4. The van der Waals surface area contributed by atoms with E-state index >= 15 is 0 Å². The zero-order valence-corrected chi connectivity index (χ0v) is 9.00. The topological polar surface area (TPSA) is 46.9 Å². The lowest BCUT2D eigenvalue weighted by Crippen LogP contribution is -2.22. The van der Waals surface area contributed by atoms with Crippen molar-refractivity contribution >= 4 is 11.6 Å². The lowest BCUT2D eigenvalue weighted by molar-refractivity contribution is -0.118. The van der Waals surface area contributed by atoms with Crippen LogP contribution in [-0.4, -0.2) is 15.5 Å². The van der Waals surface area contributed by atoms with E-state index in [2.05, 4.69) is 10.3 Å². The molecule has 1 N–H and O–H groups in total. The predicted molar refractivity (Wildman–Crippen MR) is 62.0 cm³/mol. The van der Waals surface area contributed by atoms with Crippen LogP contribution in [0.3, 0.4) is 0 Å². The number of nitrogens with one attached hydrogen (secondary N) is 1. The average molecular weight is 215 g/mol. The number of imidazole rings is 1. The second-order valence-electron chi connectivity index (χ2n) is 3.54. The number of carbonyl (C=O) groups excluding carboxylic acids is 1. The molecule has 1 aromatic carbocycles. The maximum atomic E-state index is 11.9. The molecule has 2 aromatic rings. The summed E-state index contributed by atoms with van der Waals surface area (Å²) in [6.07, 6.45) is 5.07. The summed E-state index contributed by atoms with van der Waals surface area (Å²) in [5.74, 6) is -0.0517. The maximum Gasteiger partial charge on any atom is 0.247 e. The molecule has 0 saturated heterocycles. The molecule has 0 aliphatic carbocycles. The van der Waals surface area contributed by atoms with Crippen molar-refractivity contribution in [3.63, 3.8) is 0 Å². The fraction of sp³-hybridized carbons (Fsp3) is 0.167. The van der Waals surface area contributed by atoms with Gasteiger partial charge in [-0.15, -0.1) is 0 Å². The first-order chi connectivity index (χ1) is 7.77. The molecular weight excluding hydrogens is 202 g/mol. The number of hydrogen-bond acceptors (Lipinski definition) is 2. The van der Waals surface area contributed by atoms with Crippen LogP contribution in [0.15, 0.2) is 49.1 Å². The van der Waals surface area contributed by atoms with Gasteiger partial charge in [0.15, 0.2) is 0 Å². The van der Waals surface area contributed by atoms with Gasteiger partial charge in [0.2, 0.25) is 5.91 Å². The molecule has 82 valence electrons. The Morgan fingerprint density at radius 2 is 2.12 bits per heavy atom. The van der Waals surface area contributed by atoms with Crippen molar-refractivity contribution in [3.05, 3.63) is 49.1 Å². The largest absolute Gasteiger partial charge is 0.325 e. The molecule has 0 fully saturated rings. The first-order valence-electron chi connectivity index (χ1n) is 5.11. The molecular formula is C12H13N3O. The monoisotopic (exact) mass is 215 g/mol. The van der Waals surface area contributed by atoms with Crippen LogP contribution >= 0.6 is 0 Å². The normalized spacial score (nSPS) is 12.1. The molecule has 1 atom stereocenters. The smallest absolute Gasteiger partial charge is 0.247 e. The van der Waals surface area contributed by atoms with Gasteiger partial charge in [-0.25, -0.2) is 4.98 Å². The molecule has 0 saturated carbocycles. The van der Waals surface area contributed by atoms with Crippen LogP contribution in [0.1, 0.15) is 13.0 Å². The third kappa shape index (κ3) is 2.28. The van der Waals surface area contributed by atoms with Crippen molar-refractivity contribution in [3.8, 4) is 0 Å². The molecule has 0 aliphatic heterocycles. The highest BCUT2D eigenvalue weighted by atomic mass is 16.2. The molecule has 4 nitrogen and oxygen atoms in total. The zero-order valence-electron chi connectivity index (χ0n) is 9.00. The van der Waals surface area contributed by atoms with Crippen LogP contribution in [0.25, 0.3) is 0 Å². The summed E-state index contributed by atoms with van der Waals surface area (Å²) in [4.78, 5) is 15.8. The highest BCUT2D eigenvalue weighted by Crippen LogP contribution is 2.10.